The summed E-state index contributed by atoms with van der Waals surface area (Å²) in [5, 5.41) is 8.25. The van der Waals surface area contributed by atoms with E-state index in [9.17, 15) is 14.4 Å². The smallest absolute Gasteiger partial charge is 0.313 e. The largest absolute Gasteiger partial charge is 0.481 e. The Morgan fingerprint density at radius 2 is 1.53 bits per heavy atom. The minimum Gasteiger partial charge on any atom is -0.481 e. The highest BCUT2D eigenvalue weighted by Gasteiger charge is 2.18. The van der Waals surface area contributed by atoms with Crippen molar-refractivity contribution in [2.75, 3.05) is 0 Å². The topological polar surface area (TPSA) is 80.7 Å². The van der Waals surface area contributed by atoms with Crippen molar-refractivity contribution in [2.45, 2.75) is 41.0 Å². The lowest BCUT2D eigenvalue weighted by atomic mass is 9.98. The highest BCUT2D eigenvalue weighted by atomic mass is 16.6. The van der Waals surface area contributed by atoms with Crippen LogP contribution >= 0.6 is 0 Å². The molecule has 5 nitrogen and oxygen atoms in total. The van der Waals surface area contributed by atoms with Crippen LogP contribution in [-0.2, 0) is 19.1 Å². The Hall–Kier alpha value is -1.39. The van der Waals surface area contributed by atoms with Gasteiger partial charge in [0.2, 0.25) is 0 Å². The molecule has 0 bridgehead atoms. The van der Waals surface area contributed by atoms with Crippen LogP contribution in [-0.4, -0.2) is 23.0 Å². The second kappa shape index (κ2) is 6.98. The fraction of sp³-hybridized carbons (Fsp3) is 0.700. The van der Waals surface area contributed by atoms with Crippen molar-refractivity contribution in [2.24, 2.45) is 5.41 Å². The van der Waals surface area contributed by atoms with Crippen molar-refractivity contribution < 1.29 is 24.2 Å². The van der Waals surface area contributed by atoms with Crippen molar-refractivity contribution in [3.63, 3.8) is 0 Å². The van der Waals surface area contributed by atoms with E-state index in [0.29, 0.717) is 0 Å². The van der Waals surface area contributed by atoms with E-state index in [-0.39, 0.29) is 6.42 Å². The number of carboxylic acid groups (broad SMARTS) is 1. The van der Waals surface area contributed by atoms with E-state index in [1.54, 1.807) is 27.7 Å². The van der Waals surface area contributed by atoms with Crippen molar-refractivity contribution in [1.29, 1.82) is 0 Å². The number of ether oxygens (including phenoxy) is 1. The van der Waals surface area contributed by atoms with E-state index in [0.717, 1.165) is 0 Å². The zero-order valence-corrected chi connectivity index (χ0v) is 9.79. The summed E-state index contributed by atoms with van der Waals surface area (Å²) in [4.78, 5) is 30.2. The van der Waals surface area contributed by atoms with Gasteiger partial charge in [-0.15, -0.1) is 0 Å². The van der Waals surface area contributed by atoms with E-state index < -0.39 is 23.3 Å². The quantitative estimate of drug-likeness (QED) is 0.534. The molecular formula is C10H18O5. The molecule has 0 saturated heterocycles. The second-order valence-corrected chi connectivity index (χ2v) is 3.87. The molecule has 88 valence electrons. The molecule has 0 spiro atoms. The predicted molar refractivity (Wildman–Crippen MR) is 54.2 cm³/mol. The van der Waals surface area contributed by atoms with Gasteiger partial charge in [0.15, 0.2) is 0 Å². The average molecular weight is 218 g/mol. The Morgan fingerprint density at radius 1 is 1.20 bits per heavy atom. The van der Waals surface area contributed by atoms with Gasteiger partial charge < -0.3 is 9.84 Å². The maximum Gasteiger partial charge on any atom is 0.313 e. The summed E-state index contributed by atoms with van der Waals surface area (Å²) in [6, 6.07) is 0. The maximum absolute atomic E-state index is 10.2. The minimum absolute atomic E-state index is 0.250. The van der Waals surface area contributed by atoms with Crippen LogP contribution in [0.5, 0.6) is 0 Å². The number of carbonyl (C=O) groups excluding carboxylic acids is 2. The van der Waals surface area contributed by atoms with Crippen molar-refractivity contribution in [3.05, 3.63) is 0 Å². The number of rotatable bonds is 1. The molecule has 0 aromatic carbocycles. The number of esters is 2. The lowest BCUT2D eigenvalue weighted by molar-refractivity contribution is -0.157. The first-order valence-electron chi connectivity index (χ1n) is 4.55. The summed E-state index contributed by atoms with van der Waals surface area (Å²) in [6.45, 7) is 7.82. The molecule has 0 aromatic heterocycles. The maximum atomic E-state index is 10.2. The van der Waals surface area contributed by atoms with Gasteiger partial charge in [0.1, 0.15) is 0 Å². The van der Waals surface area contributed by atoms with Crippen LogP contribution in [0.3, 0.4) is 0 Å². The number of hydrogen-bond acceptors (Lipinski definition) is 4. The summed E-state index contributed by atoms with van der Waals surface area (Å²) >= 11 is 0. The molecule has 0 fully saturated rings. The summed E-state index contributed by atoms with van der Waals surface area (Å²) in [7, 11) is 0. The first-order chi connectivity index (χ1) is 6.61. The molecule has 0 aromatic rings. The van der Waals surface area contributed by atoms with Gasteiger partial charge in [-0.3, -0.25) is 14.4 Å². The molecule has 0 rings (SSSR count). The molecule has 1 N–H and O–H groups in total. The third kappa shape index (κ3) is 12.6. The number of aliphatic carboxylic acids is 1. The standard InChI is InChI=1S/C5H8O3.C5H10O2/c1-3-5(7)8-4(2)6;1-5(2,3)4(6)7/h3H2,1-2H3;1-3H3,(H,6,7). The van der Waals surface area contributed by atoms with Crippen LogP contribution in [0.4, 0.5) is 0 Å². The summed E-state index contributed by atoms with van der Waals surface area (Å²) in [5.41, 5.74) is -0.583. The summed E-state index contributed by atoms with van der Waals surface area (Å²) in [6.07, 6.45) is 0.250. The van der Waals surface area contributed by atoms with Gasteiger partial charge in [-0.1, -0.05) is 6.92 Å². The van der Waals surface area contributed by atoms with Gasteiger partial charge in [0.25, 0.3) is 0 Å². The van der Waals surface area contributed by atoms with Crippen LogP contribution in [0.1, 0.15) is 41.0 Å². The SMILES string of the molecule is CC(C)(C)C(=O)O.CCC(=O)OC(C)=O. The van der Waals surface area contributed by atoms with Gasteiger partial charge in [0.05, 0.1) is 5.41 Å². The second-order valence-electron chi connectivity index (χ2n) is 3.87. The molecule has 0 unspecified atom stereocenters. The van der Waals surface area contributed by atoms with E-state index in [1.807, 2.05) is 0 Å². The molecule has 5 heteroatoms. The van der Waals surface area contributed by atoms with Crippen LogP contribution in [0.2, 0.25) is 0 Å². The summed E-state index contributed by atoms with van der Waals surface area (Å²) in [5.74, 6) is -1.78. The molecule has 0 heterocycles. The van der Waals surface area contributed by atoms with E-state index in [4.69, 9.17) is 5.11 Å². The van der Waals surface area contributed by atoms with Gasteiger partial charge in [-0.25, -0.2) is 0 Å². The molecular weight excluding hydrogens is 200 g/mol. The van der Waals surface area contributed by atoms with Crippen LogP contribution in [0.15, 0.2) is 0 Å². The number of carbonyl (C=O) groups is 3. The third-order valence-corrected chi connectivity index (χ3v) is 1.19. The Kier molecular flexibility index (Phi) is 7.47. The zero-order valence-electron chi connectivity index (χ0n) is 9.79. The highest BCUT2D eigenvalue weighted by molar-refractivity contribution is 5.83. The minimum atomic E-state index is -0.757. The molecule has 0 aliphatic rings. The van der Waals surface area contributed by atoms with Crippen molar-refractivity contribution in [1.82, 2.24) is 0 Å². The number of carboxylic acids is 1. The van der Waals surface area contributed by atoms with Gasteiger partial charge in [-0.05, 0) is 20.8 Å². The summed E-state index contributed by atoms with van der Waals surface area (Å²) < 4.78 is 4.12. The Balaban J connectivity index is 0. The van der Waals surface area contributed by atoms with Crippen LogP contribution < -0.4 is 0 Å². The first kappa shape index (κ1) is 16.1. The van der Waals surface area contributed by atoms with Crippen LogP contribution in [0, 0.1) is 5.41 Å². The third-order valence-electron chi connectivity index (χ3n) is 1.19. The molecule has 0 saturated carbocycles. The zero-order chi connectivity index (χ0) is 12.6. The monoisotopic (exact) mass is 218 g/mol. The molecule has 0 atom stereocenters. The Morgan fingerprint density at radius 3 is 1.60 bits per heavy atom. The van der Waals surface area contributed by atoms with Gasteiger partial charge in [-0.2, -0.15) is 0 Å². The first-order valence-corrected chi connectivity index (χ1v) is 4.55. The normalized spacial score (nSPS) is 9.67. The Labute approximate surface area is 89.4 Å². The fourth-order valence-electron chi connectivity index (χ4n) is 0.232. The Bertz CT molecular complexity index is 237. The van der Waals surface area contributed by atoms with Crippen molar-refractivity contribution >= 4 is 17.9 Å². The number of hydrogen-bond donors (Lipinski definition) is 1. The molecule has 0 aliphatic carbocycles. The average Bonchev–Trinajstić information content (AvgIpc) is 2.02. The lowest BCUT2D eigenvalue weighted by Crippen LogP contribution is -2.18. The molecule has 15 heavy (non-hydrogen) atoms. The van der Waals surface area contributed by atoms with E-state index in [1.165, 1.54) is 6.92 Å². The van der Waals surface area contributed by atoms with E-state index >= 15 is 0 Å². The lowest BCUT2D eigenvalue weighted by Gasteiger charge is -2.08. The molecule has 0 amide bonds. The highest BCUT2D eigenvalue weighted by Crippen LogP contribution is 2.11. The van der Waals surface area contributed by atoms with Gasteiger partial charge >= 0.3 is 17.9 Å². The van der Waals surface area contributed by atoms with Crippen molar-refractivity contribution in [3.8, 4) is 0 Å². The molecule has 0 aliphatic heterocycles. The molecule has 0 radical (unpaired) electrons. The van der Waals surface area contributed by atoms with Crippen LogP contribution in [0.25, 0.3) is 0 Å². The van der Waals surface area contributed by atoms with Gasteiger partial charge in [0, 0.05) is 13.3 Å². The predicted octanol–water partition coefficient (Wildman–Crippen LogP) is 1.60. The van der Waals surface area contributed by atoms with E-state index in [2.05, 4.69) is 4.74 Å². The fourth-order valence-corrected chi connectivity index (χ4v) is 0.232.